The number of hydrogen-bond donors (Lipinski definition) is 1. The topological polar surface area (TPSA) is 38.7 Å². The summed E-state index contributed by atoms with van der Waals surface area (Å²) in [5.41, 5.74) is -0.948. The zero-order valence-electron chi connectivity index (χ0n) is 10.1. The number of hydrogen-bond acceptors (Lipinski definition) is 3. The predicted molar refractivity (Wildman–Crippen MR) is 64.5 cm³/mol. The molecule has 0 aliphatic carbocycles. The van der Waals surface area contributed by atoms with E-state index in [2.05, 4.69) is 19.6 Å². The zero-order chi connectivity index (χ0) is 11.2. The van der Waals surface area contributed by atoms with Gasteiger partial charge < -0.3 is 14.0 Å². The zero-order valence-corrected chi connectivity index (χ0v) is 12.5. The van der Waals surface area contributed by atoms with E-state index in [9.17, 15) is 5.11 Å². The van der Waals surface area contributed by atoms with Crippen molar-refractivity contribution in [2.75, 3.05) is 6.61 Å². The summed E-state index contributed by atoms with van der Waals surface area (Å²) >= 11 is 0. The molecule has 0 bridgehead atoms. The van der Waals surface area contributed by atoms with Gasteiger partial charge in [-0.05, 0) is 32.5 Å². The summed E-state index contributed by atoms with van der Waals surface area (Å²) in [6, 6.07) is 0. The minimum absolute atomic E-state index is 0.617. The largest absolute Gasteiger partial charge is 0.456 e. The predicted octanol–water partition coefficient (Wildman–Crippen LogP) is 1.40. The molecule has 0 aliphatic rings. The van der Waals surface area contributed by atoms with Gasteiger partial charge in [-0.15, -0.1) is 0 Å². The summed E-state index contributed by atoms with van der Waals surface area (Å²) in [5, 5.41) is 10.1. The second-order valence-corrected chi connectivity index (χ2v) is 11.3. The Morgan fingerprint density at radius 2 is 1.86 bits per heavy atom. The lowest BCUT2D eigenvalue weighted by molar-refractivity contribution is -0.147. The minimum Gasteiger partial charge on any atom is -0.456 e. The Labute approximate surface area is 90.9 Å². The standard InChI is InChI=1S/C9H24O3Si2/c1-6-8-11-9(10,7-2)13-12-14(3,4)5/h10H,6-8,13H2,1-5H3. The molecule has 0 saturated heterocycles. The van der Waals surface area contributed by atoms with Gasteiger partial charge in [0.25, 0.3) is 0 Å². The molecular formula is C9H24O3Si2. The van der Waals surface area contributed by atoms with Gasteiger partial charge in [0.05, 0.1) is 0 Å². The van der Waals surface area contributed by atoms with Crippen LogP contribution in [0.4, 0.5) is 0 Å². The Hall–Kier alpha value is 0.314. The van der Waals surface area contributed by atoms with Crippen molar-refractivity contribution in [3.63, 3.8) is 0 Å². The van der Waals surface area contributed by atoms with E-state index in [1.807, 2.05) is 13.8 Å². The third-order valence-corrected chi connectivity index (χ3v) is 7.05. The van der Waals surface area contributed by atoms with Gasteiger partial charge in [0, 0.05) is 6.61 Å². The molecule has 3 nitrogen and oxygen atoms in total. The van der Waals surface area contributed by atoms with Crippen molar-refractivity contribution in [1.29, 1.82) is 0 Å². The van der Waals surface area contributed by atoms with Gasteiger partial charge in [0.1, 0.15) is 0 Å². The van der Waals surface area contributed by atoms with Crippen LogP contribution in [-0.2, 0) is 8.85 Å². The molecule has 14 heavy (non-hydrogen) atoms. The molecule has 0 aliphatic heterocycles. The molecule has 0 spiro atoms. The first-order chi connectivity index (χ1) is 6.33. The number of ether oxygens (including phenoxy) is 1. The molecule has 0 aromatic heterocycles. The average Bonchev–Trinajstić information content (AvgIpc) is 2.10. The maximum absolute atomic E-state index is 10.1. The SMILES string of the molecule is CCCOC(O)(CC)[SiH2]O[Si](C)(C)C. The lowest BCUT2D eigenvalue weighted by Crippen LogP contribution is -2.44. The van der Waals surface area contributed by atoms with E-state index in [1.165, 1.54) is 0 Å². The van der Waals surface area contributed by atoms with Gasteiger partial charge in [-0.25, -0.2) is 0 Å². The highest BCUT2D eigenvalue weighted by atomic mass is 28.4. The molecule has 0 aromatic rings. The second kappa shape index (κ2) is 6.02. The highest BCUT2D eigenvalue weighted by molar-refractivity contribution is 6.74. The highest BCUT2D eigenvalue weighted by Crippen LogP contribution is 2.14. The van der Waals surface area contributed by atoms with Crippen molar-refractivity contribution in [3.8, 4) is 0 Å². The molecule has 86 valence electrons. The maximum Gasteiger partial charge on any atom is 0.214 e. The molecular weight excluding hydrogens is 212 g/mol. The molecule has 0 fully saturated rings. The van der Waals surface area contributed by atoms with Crippen molar-refractivity contribution in [3.05, 3.63) is 0 Å². The van der Waals surface area contributed by atoms with E-state index in [1.54, 1.807) is 0 Å². The van der Waals surface area contributed by atoms with Gasteiger partial charge in [-0.1, -0.05) is 13.8 Å². The normalized spacial score (nSPS) is 17.6. The first-order valence-corrected chi connectivity index (χ1v) is 10.0. The quantitative estimate of drug-likeness (QED) is 0.536. The van der Waals surface area contributed by atoms with Crippen molar-refractivity contribution in [1.82, 2.24) is 0 Å². The van der Waals surface area contributed by atoms with E-state index in [0.717, 1.165) is 6.42 Å². The Balaban J connectivity index is 3.98. The first kappa shape index (κ1) is 14.3. The van der Waals surface area contributed by atoms with Gasteiger partial charge in [0.2, 0.25) is 9.76 Å². The van der Waals surface area contributed by atoms with Crippen LogP contribution in [0.1, 0.15) is 26.7 Å². The van der Waals surface area contributed by atoms with Crippen LogP contribution in [-0.4, -0.2) is 35.2 Å². The van der Waals surface area contributed by atoms with Gasteiger partial charge in [0.15, 0.2) is 13.7 Å². The van der Waals surface area contributed by atoms with Gasteiger partial charge in [-0.2, -0.15) is 0 Å². The molecule has 1 N–H and O–H groups in total. The molecule has 0 aromatic carbocycles. The summed E-state index contributed by atoms with van der Waals surface area (Å²) in [6.07, 6.45) is 1.56. The van der Waals surface area contributed by atoms with Crippen molar-refractivity contribution in [2.24, 2.45) is 0 Å². The lowest BCUT2D eigenvalue weighted by atomic mass is 10.4. The van der Waals surface area contributed by atoms with Crippen LogP contribution in [0.25, 0.3) is 0 Å². The summed E-state index contributed by atoms with van der Waals surface area (Å²) in [7, 11) is -2.50. The summed E-state index contributed by atoms with van der Waals surface area (Å²) in [5.74, 6) is 0. The second-order valence-electron chi connectivity index (χ2n) is 4.55. The van der Waals surface area contributed by atoms with Crippen LogP contribution < -0.4 is 0 Å². The fraction of sp³-hybridized carbons (Fsp3) is 1.00. The highest BCUT2D eigenvalue weighted by Gasteiger charge is 2.29. The third-order valence-electron chi connectivity index (χ3n) is 1.86. The van der Waals surface area contributed by atoms with E-state index < -0.39 is 23.5 Å². The number of rotatable bonds is 7. The monoisotopic (exact) mass is 236 g/mol. The Kier molecular flexibility index (Phi) is 6.15. The van der Waals surface area contributed by atoms with Crippen LogP contribution >= 0.6 is 0 Å². The molecule has 0 saturated carbocycles. The van der Waals surface area contributed by atoms with E-state index in [4.69, 9.17) is 8.85 Å². The third kappa shape index (κ3) is 6.72. The lowest BCUT2D eigenvalue weighted by Gasteiger charge is -2.29. The average molecular weight is 236 g/mol. The summed E-state index contributed by atoms with van der Waals surface area (Å²) < 4.78 is 11.2. The fourth-order valence-corrected chi connectivity index (χ4v) is 3.93. The fourth-order valence-electron chi connectivity index (χ4n) is 0.867. The maximum atomic E-state index is 10.1. The minimum atomic E-state index is -1.50. The van der Waals surface area contributed by atoms with Crippen LogP contribution in [0.3, 0.4) is 0 Å². The van der Waals surface area contributed by atoms with Crippen molar-refractivity contribution >= 4 is 18.1 Å². The van der Waals surface area contributed by atoms with Crippen LogP contribution in [0.5, 0.6) is 0 Å². The Bertz CT molecular complexity index is 159. The van der Waals surface area contributed by atoms with Crippen LogP contribution in [0.2, 0.25) is 19.6 Å². The Morgan fingerprint density at radius 1 is 1.29 bits per heavy atom. The van der Waals surface area contributed by atoms with E-state index >= 15 is 0 Å². The van der Waals surface area contributed by atoms with Gasteiger partial charge in [-0.3, -0.25) is 0 Å². The first-order valence-electron chi connectivity index (χ1n) is 5.33. The Morgan fingerprint density at radius 3 is 2.21 bits per heavy atom. The molecule has 1 atom stereocenters. The smallest absolute Gasteiger partial charge is 0.214 e. The van der Waals surface area contributed by atoms with Crippen LogP contribution in [0.15, 0.2) is 0 Å². The molecule has 1 unspecified atom stereocenters. The molecule has 0 radical (unpaired) electrons. The van der Waals surface area contributed by atoms with E-state index in [-0.39, 0.29) is 0 Å². The van der Waals surface area contributed by atoms with Crippen molar-refractivity contribution < 1.29 is 14.0 Å². The van der Waals surface area contributed by atoms with E-state index in [0.29, 0.717) is 13.0 Å². The molecule has 5 heteroatoms. The molecule has 0 rings (SSSR count). The van der Waals surface area contributed by atoms with Crippen molar-refractivity contribution in [2.45, 2.75) is 51.7 Å². The summed E-state index contributed by atoms with van der Waals surface area (Å²) in [6.45, 7) is 11.0. The molecule has 0 amide bonds. The number of aliphatic hydroxyl groups is 1. The molecule has 0 heterocycles. The van der Waals surface area contributed by atoms with Crippen LogP contribution in [0, 0.1) is 0 Å². The van der Waals surface area contributed by atoms with Gasteiger partial charge >= 0.3 is 0 Å². The summed E-state index contributed by atoms with van der Waals surface area (Å²) in [4.78, 5) is 0.